The minimum Gasteiger partial charge on any atom is -0.493 e. The minimum absolute atomic E-state index is 0.00133. The summed E-state index contributed by atoms with van der Waals surface area (Å²) in [5, 5.41) is 0. The first-order chi connectivity index (χ1) is 17.5. The van der Waals surface area contributed by atoms with Crippen molar-refractivity contribution in [3.8, 4) is 22.8 Å². The topological polar surface area (TPSA) is 78.2 Å². The number of Topliss-reactive ketones (excluding diaryl/α,β-unsaturated/α-hetero) is 1. The predicted molar refractivity (Wildman–Crippen MR) is 137 cm³/mol. The Hall–Kier alpha value is -3.84. The SMILES string of the molecule is C=CCOc1ccc(CN(CC2CCCO2)C(=O)c2ccc(-c3ccc(C(C)=O)cc3)o2)cc1OC. The number of ketones is 1. The van der Waals surface area contributed by atoms with E-state index < -0.39 is 0 Å². The summed E-state index contributed by atoms with van der Waals surface area (Å²) in [7, 11) is 1.59. The van der Waals surface area contributed by atoms with Gasteiger partial charge in [0.2, 0.25) is 0 Å². The third-order valence-electron chi connectivity index (χ3n) is 6.09. The quantitative estimate of drug-likeness (QED) is 0.260. The molecule has 1 amide bonds. The third-order valence-corrected chi connectivity index (χ3v) is 6.09. The van der Waals surface area contributed by atoms with E-state index >= 15 is 0 Å². The van der Waals surface area contributed by atoms with Crippen LogP contribution in [0.1, 0.15) is 46.2 Å². The van der Waals surface area contributed by atoms with Gasteiger partial charge < -0.3 is 23.5 Å². The summed E-state index contributed by atoms with van der Waals surface area (Å²) < 4.78 is 22.9. The van der Waals surface area contributed by atoms with Gasteiger partial charge in [-0.25, -0.2) is 0 Å². The Bertz CT molecular complexity index is 1210. The van der Waals surface area contributed by atoms with Crippen LogP contribution in [0.4, 0.5) is 0 Å². The summed E-state index contributed by atoms with van der Waals surface area (Å²) in [5.41, 5.74) is 2.32. The normalized spacial score (nSPS) is 14.9. The molecule has 1 aliphatic rings. The monoisotopic (exact) mass is 489 g/mol. The van der Waals surface area contributed by atoms with Gasteiger partial charge in [0, 0.05) is 30.8 Å². The van der Waals surface area contributed by atoms with Crippen molar-refractivity contribution in [3.63, 3.8) is 0 Å². The maximum atomic E-state index is 13.6. The summed E-state index contributed by atoms with van der Waals surface area (Å²) in [4.78, 5) is 26.9. The number of hydrogen-bond acceptors (Lipinski definition) is 6. The first kappa shape index (κ1) is 25.3. The summed E-state index contributed by atoms with van der Waals surface area (Å²) in [6.07, 6.45) is 3.55. The van der Waals surface area contributed by atoms with Crippen LogP contribution in [0.25, 0.3) is 11.3 Å². The zero-order valence-corrected chi connectivity index (χ0v) is 20.7. The highest BCUT2D eigenvalue weighted by molar-refractivity contribution is 5.94. The van der Waals surface area contributed by atoms with E-state index in [0.29, 0.717) is 49.1 Å². The summed E-state index contributed by atoms with van der Waals surface area (Å²) >= 11 is 0. The molecule has 7 nitrogen and oxygen atoms in total. The molecule has 7 heteroatoms. The van der Waals surface area contributed by atoms with Crippen LogP contribution in [0, 0.1) is 0 Å². The Labute approximate surface area is 211 Å². The first-order valence-corrected chi connectivity index (χ1v) is 12.0. The van der Waals surface area contributed by atoms with E-state index in [1.165, 1.54) is 6.92 Å². The van der Waals surface area contributed by atoms with E-state index in [9.17, 15) is 9.59 Å². The maximum absolute atomic E-state index is 13.6. The van der Waals surface area contributed by atoms with E-state index in [-0.39, 0.29) is 23.6 Å². The van der Waals surface area contributed by atoms with Crippen molar-refractivity contribution >= 4 is 11.7 Å². The average molecular weight is 490 g/mol. The molecule has 1 fully saturated rings. The van der Waals surface area contributed by atoms with Crippen LogP contribution in [-0.4, -0.2) is 49.6 Å². The van der Waals surface area contributed by atoms with Crippen molar-refractivity contribution in [2.24, 2.45) is 0 Å². The number of rotatable bonds is 11. The summed E-state index contributed by atoms with van der Waals surface area (Å²) in [5.74, 6) is 1.80. The molecule has 1 aliphatic heterocycles. The summed E-state index contributed by atoms with van der Waals surface area (Å²) in [6, 6.07) is 16.2. The van der Waals surface area contributed by atoms with Crippen LogP contribution < -0.4 is 9.47 Å². The number of benzene rings is 2. The molecule has 1 unspecified atom stereocenters. The van der Waals surface area contributed by atoms with Crippen molar-refractivity contribution in [1.29, 1.82) is 0 Å². The van der Waals surface area contributed by atoms with Crippen LogP contribution in [0.5, 0.6) is 11.5 Å². The van der Waals surface area contributed by atoms with Gasteiger partial charge in [0.25, 0.3) is 5.91 Å². The van der Waals surface area contributed by atoms with Gasteiger partial charge in [0.05, 0.1) is 13.2 Å². The zero-order chi connectivity index (χ0) is 25.5. The van der Waals surface area contributed by atoms with Crippen molar-refractivity contribution in [2.45, 2.75) is 32.4 Å². The highest BCUT2D eigenvalue weighted by Crippen LogP contribution is 2.30. The molecular weight excluding hydrogens is 458 g/mol. The van der Waals surface area contributed by atoms with Gasteiger partial charge in [-0.2, -0.15) is 0 Å². The summed E-state index contributed by atoms with van der Waals surface area (Å²) in [6.45, 7) is 7.10. The van der Waals surface area contributed by atoms with Crippen molar-refractivity contribution in [2.75, 3.05) is 26.9 Å². The van der Waals surface area contributed by atoms with Gasteiger partial charge in [0.15, 0.2) is 23.0 Å². The van der Waals surface area contributed by atoms with E-state index in [2.05, 4.69) is 6.58 Å². The van der Waals surface area contributed by atoms with Crippen molar-refractivity contribution in [1.82, 2.24) is 4.90 Å². The molecule has 0 spiro atoms. The standard InChI is InChI=1S/C29H31NO6/c1-4-15-35-26-12-7-21(17-28(26)33-3)18-30(19-24-6-5-16-34-24)29(32)27-14-13-25(36-27)23-10-8-22(9-11-23)20(2)31/h4,7-14,17,24H,1,5-6,15-16,18-19H2,2-3H3. The largest absolute Gasteiger partial charge is 0.493 e. The molecule has 0 saturated carbocycles. The number of carbonyl (C=O) groups is 2. The number of ether oxygens (including phenoxy) is 3. The molecule has 4 rings (SSSR count). The van der Waals surface area contributed by atoms with Crippen LogP contribution in [0.2, 0.25) is 0 Å². The molecule has 0 bridgehead atoms. The molecule has 36 heavy (non-hydrogen) atoms. The molecular formula is C29H31NO6. The molecule has 2 heterocycles. The lowest BCUT2D eigenvalue weighted by Gasteiger charge is -2.25. The van der Waals surface area contributed by atoms with Gasteiger partial charge in [-0.3, -0.25) is 9.59 Å². The number of nitrogens with zero attached hydrogens (tertiary/aromatic N) is 1. The van der Waals surface area contributed by atoms with Crippen LogP contribution in [-0.2, 0) is 11.3 Å². The highest BCUT2D eigenvalue weighted by atomic mass is 16.5. The number of methoxy groups -OCH3 is 1. The van der Waals surface area contributed by atoms with Gasteiger partial charge in [-0.05, 0) is 49.6 Å². The fraction of sp³-hybridized carbons (Fsp3) is 0.310. The number of hydrogen-bond donors (Lipinski definition) is 0. The minimum atomic E-state index is -0.219. The lowest BCUT2D eigenvalue weighted by molar-refractivity contribution is 0.0484. The maximum Gasteiger partial charge on any atom is 0.289 e. The second-order valence-electron chi connectivity index (χ2n) is 8.70. The molecule has 2 aromatic carbocycles. The zero-order valence-electron chi connectivity index (χ0n) is 20.7. The molecule has 0 aliphatic carbocycles. The van der Waals surface area contributed by atoms with E-state index in [0.717, 1.165) is 24.0 Å². The second-order valence-corrected chi connectivity index (χ2v) is 8.70. The number of carbonyl (C=O) groups excluding carboxylic acids is 2. The molecule has 0 N–H and O–H groups in total. The van der Waals surface area contributed by atoms with E-state index in [4.69, 9.17) is 18.6 Å². The fourth-order valence-corrected chi connectivity index (χ4v) is 4.19. The fourth-order valence-electron chi connectivity index (χ4n) is 4.19. The molecule has 3 aromatic rings. The molecule has 0 radical (unpaired) electrons. The highest BCUT2D eigenvalue weighted by Gasteiger charge is 2.26. The van der Waals surface area contributed by atoms with Crippen LogP contribution in [0.15, 0.2) is 71.7 Å². The Morgan fingerprint density at radius 2 is 1.92 bits per heavy atom. The molecule has 1 aromatic heterocycles. The number of amides is 1. The predicted octanol–water partition coefficient (Wildman–Crippen LogP) is 5.54. The first-order valence-electron chi connectivity index (χ1n) is 12.0. The molecule has 1 atom stereocenters. The van der Waals surface area contributed by atoms with Crippen molar-refractivity contribution in [3.05, 3.63) is 84.1 Å². The molecule has 1 saturated heterocycles. The van der Waals surface area contributed by atoms with Gasteiger partial charge in [0.1, 0.15) is 12.4 Å². The van der Waals surface area contributed by atoms with E-state index in [1.54, 1.807) is 42.4 Å². The lowest BCUT2D eigenvalue weighted by atomic mass is 10.1. The Kier molecular flexibility index (Phi) is 8.23. The van der Waals surface area contributed by atoms with Gasteiger partial charge in [-0.15, -0.1) is 0 Å². The Morgan fingerprint density at radius 1 is 1.11 bits per heavy atom. The smallest absolute Gasteiger partial charge is 0.289 e. The Balaban J connectivity index is 1.55. The lowest BCUT2D eigenvalue weighted by Crippen LogP contribution is -2.36. The van der Waals surface area contributed by atoms with Gasteiger partial charge >= 0.3 is 0 Å². The second kappa shape index (κ2) is 11.7. The van der Waals surface area contributed by atoms with Crippen LogP contribution in [0.3, 0.4) is 0 Å². The average Bonchev–Trinajstić information content (AvgIpc) is 3.60. The molecule has 188 valence electrons. The van der Waals surface area contributed by atoms with Crippen LogP contribution >= 0.6 is 0 Å². The number of furan rings is 1. The Morgan fingerprint density at radius 3 is 2.58 bits per heavy atom. The van der Waals surface area contributed by atoms with E-state index in [1.807, 2.05) is 30.3 Å². The third kappa shape index (κ3) is 6.04. The van der Waals surface area contributed by atoms with Gasteiger partial charge in [-0.1, -0.05) is 43.0 Å². The van der Waals surface area contributed by atoms with Crippen molar-refractivity contribution < 1.29 is 28.2 Å².